The summed E-state index contributed by atoms with van der Waals surface area (Å²) in [5.74, 6) is 1.28. The Morgan fingerprint density at radius 2 is 2.09 bits per heavy atom. The number of aromatic nitrogens is 2. The maximum absolute atomic E-state index is 12.4. The van der Waals surface area contributed by atoms with Gasteiger partial charge in [-0.1, -0.05) is 11.6 Å². The average Bonchev–Trinajstić information content (AvgIpc) is 2.82. The minimum absolute atomic E-state index is 0.109. The number of nitrogens with zero attached hydrogens (tertiary/aromatic N) is 1. The summed E-state index contributed by atoms with van der Waals surface area (Å²) in [4.78, 5) is 19.9. The largest absolute Gasteiger partial charge is 0.339 e. The molecule has 1 aromatic carbocycles. The molecule has 2 heterocycles. The lowest BCUT2D eigenvalue weighted by molar-refractivity contribution is 0.102. The molecule has 0 aliphatic rings. The fourth-order valence-electron chi connectivity index (χ4n) is 2.42. The van der Waals surface area contributed by atoms with Crippen LogP contribution in [0.4, 0.5) is 0 Å². The zero-order valence-electron chi connectivity index (χ0n) is 13.0. The Kier molecular flexibility index (Phi) is 4.36. The molecule has 6 heteroatoms. The smallest absolute Gasteiger partial charge is 0.172 e. The van der Waals surface area contributed by atoms with Crippen molar-refractivity contribution in [2.45, 2.75) is 19.4 Å². The third-order valence-corrected chi connectivity index (χ3v) is 5.08. The van der Waals surface area contributed by atoms with Crippen molar-refractivity contribution in [1.82, 2.24) is 9.97 Å². The van der Waals surface area contributed by atoms with Crippen LogP contribution in [0.1, 0.15) is 24.2 Å². The van der Waals surface area contributed by atoms with Crippen molar-refractivity contribution in [2.24, 2.45) is 5.73 Å². The first-order valence-corrected chi connectivity index (χ1v) is 8.84. The maximum Gasteiger partial charge on any atom is 0.172 e. The summed E-state index contributed by atoms with van der Waals surface area (Å²) in [7, 11) is 0. The number of aromatic amines is 1. The number of benzene rings is 1. The van der Waals surface area contributed by atoms with Crippen molar-refractivity contribution in [3.63, 3.8) is 0 Å². The summed E-state index contributed by atoms with van der Waals surface area (Å²) in [5, 5.41) is 2.40. The topological polar surface area (TPSA) is 71.8 Å². The van der Waals surface area contributed by atoms with Crippen molar-refractivity contribution in [3.05, 3.63) is 41.0 Å². The number of H-pyrrole nitrogens is 1. The molecule has 0 atom stereocenters. The van der Waals surface area contributed by atoms with Crippen molar-refractivity contribution in [1.29, 1.82) is 0 Å². The van der Waals surface area contributed by atoms with Gasteiger partial charge in [-0.2, -0.15) is 11.8 Å². The second-order valence-corrected chi connectivity index (χ2v) is 7.69. The molecule has 0 fully saturated rings. The van der Waals surface area contributed by atoms with E-state index in [1.165, 1.54) is 0 Å². The fourth-order valence-corrected chi connectivity index (χ4v) is 3.54. The summed E-state index contributed by atoms with van der Waals surface area (Å²) in [5.41, 5.74) is 8.06. The van der Waals surface area contributed by atoms with Gasteiger partial charge in [0.25, 0.3) is 0 Å². The van der Waals surface area contributed by atoms with Crippen LogP contribution in [0.5, 0.6) is 0 Å². The number of rotatable bonds is 5. The lowest BCUT2D eigenvalue weighted by atomic mass is 10.1. The maximum atomic E-state index is 12.4. The van der Waals surface area contributed by atoms with E-state index in [9.17, 15) is 4.79 Å². The van der Waals surface area contributed by atoms with Crippen molar-refractivity contribution in [2.75, 3.05) is 11.5 Å². The molecular weight excluding hydrogens is 330 g/mol. The number of nitrogens with two attached hydrogens (primary N) is 1. The number of fused-ring (bicyclic) bond motifs is 3. The van der Waals surface area contributed by atoms with E-state index in [1.54, 1.807) is 17.8 Å². The fraction of sp³-hybridized carbons (Fsp3) is 0.294. The molecule has 23 heavy (non-hydrogen) atoms. The van der Waals surface area contributed by atoms with Gasteiger partial charge in [0.2, 0.25) is 0 Å². The van der Waals surface area contributed by atoms with Crippen molar-refractivity contribution >= 4 is 51.1 Å². The molecule has 0 amide bonds. The lowest BCUT2D eigenvalue weighted by Crippen LogP contribution is -2.35. The van der Waals surface area contributed by atoms with Gasteiger partial charge in [0.05, 0.1) is 5.75 Å². The van der Waals surface area contributed by atoms with Gasteiger partial charge in [0, 0.05) is 33.1 Å². The minimum Gasteiger partial charge on any atom is -0.339 e. The Hall–Kier alpha value is -1.56. The number of thioether (sulfide) groups is 1. The monoisotopic (exact) mass is 347 g/mol. The van der Waals surface area contributed by atoms with Gasteiger partial charge in [0.15, 0.2) is 5.78 Å². The van der Waals surface area contributed by atoms with E-state index in [-0.39, 0.29) is 11.3 Å². The number of ketones is 1. The normalized spacial score (nSPS) is 12.2. The molecule has 0 aliphatic carbocycles. The van der Waals surface area contributed by atoms with Crippen LogP contribution in [0.15, 0.2) is 30.3 Å². The Morgan fingerprint density at radius 3 is 2.83 bits per heavy atom. The van der Waals surface area contributed by atoms with Crippen LogP contribution in [0.25, 0.3) is 21.9 Å². The number of hydrogen-bond acceptors (Lipinski definition) is 4. The van der Waals surface area contributed by atoms with E-state index in [0.717, 1.165) is 27.7 Å². The number of carbonyl (C=O) groups is 1. The van der Waals surface area contributed by atoms with Crippen LogP contribution in [0, 0.1) is 0 Å². The first-order chi connectivity index (χ1) is 10.8. The van der Waals surface area contributed by atoms with E-state index >= 15 is 0 Å². The third-order valence-electron chi connectivity index (χ3n) is 3.45. The molecule has 3 N–H and O–H groups in total. The molecule has 0 aliphatic heterocycles. The highest BCUT2D eigenvalue weighted by molar-refractivity contribution is 8.00. The first kappa shape index (κ1) is 16.3. The number of pyridine rings is 1. The summed E-state index contributed by atoms with van der Waals surface area (Å²) in [6.07, 6.45) is 0. The highest BCUT2D eigenvalue weighted by Crippen LogP contribution is 2.27. The van der Waals surface area contributed by atoms with E-state index in [2.05, 4.69) is 9.97 Å². The molecule has 0 radical (unpaired) electrons. The number of carbonyl (C=O) groups excluding carboxylic acids is 1. The number of halogens is 1. The summed E-state index contributed by atoms with van der Waals surface area (Å²) in [6, 6.07) is 9.35. The Balaban J connectivity index is 1.87. The quantitative estimate of drug-likeness (QED) is 0.540. The number of hydrogen-bond donors (Lipinski definition) is 2. The zero-order chi connectivity index (χ0) is 16.6. The second kappa shape index (κ2) is 6.15. The van der Waals surface area contributed by atoms with Crippen LogP contribution in [-0.2, 0) is 0 Å². The van der Waals surface area contributed by atoms with Crippen LogP contribution >= 0.6 is 23.4 Å². The predicted molar refractivity (Wildman–Crippen MR) is 98.5 cm³/mol. The van der Waals surface area contributed by atoms with E-state index in [4.69, 9.17) is 17.3 Å². The van der Waals surface area contributed by atoms with Crippen molar-refractivity contribution < 1.29 is 4.79 Å². The molecule has 0 bridgehead atoms. The molecule has 2 aromatic heterocycles. The molecular formula is C17H18ClN3OS. The van der Waals surface area contributed by atoms with E-state index in [0.29, 0.717) is 16.5 Å². The molecule has 0 spiro atoms. The molecule has 3 aromatic rings. The van der Waals surface area contributed by atoms with Gasteiger partial charge < -0.3 is 10.7 Å². The van der Waals surface area contributed by atoms with E-state index in [1.807, 2.05) is 38.1 Å². The third kappa shape index (κ3) is 3.68. The van der Waals surface area contributed by atoms with Gasteiger partial charge >= 0.3 is 0 Å². The Labute approximate surface area is 143 Å². The van der Waals surface area contributed by atoms with Crippen molar-refractivity contribution in [3.8, 4) is 0 Å². The summed E-state index contributed by atoms with van der Waals surface area (Å²) >= 11 is 7.49. The van der Waals surface area contributed by atoms with Crippen LogP contribution in [-0.4, -0.2) is 32.8 Å². The molecule has 0 saturated heterocycles. The van der Waals surface area contributed by atoms with Gasteiger partial charge in [-0.05, 0) is 44.2 Å². The number of nitrogens with one attached hydrogen (secondary N) is 1. The standard InChI is InChI=1S/C17H18ClN3OS/c1-17(2,19)9-23-8-14(22)10-3-5-13-12(7-10)11-4-6-15(18)21-16(11)20-13/h3-7H,8-9,19H2,1-2H3,(H,20,21). The Bertz CT molecular complexity index is 883. The van der Waals surface area contributed by atoms with E-state index < -0.39 is 0 Å². The van der Waals surface area contributed by atoms with Crippen LogP contribution in [0.3, 0.4) is 0 Å². The van der Waals surface area contributed by atoms with Gasteiger partial charge in [0.1, 0.15) is 10.8 Å². The van der Waals surface area contributed by atoms with Gasteiger partial charge in [-0.25, -0.2) is 4.98 Å². The van der Waals surface area contributed by atoms with Crippen LogP contribution in [0.2, 0.25) is 5.15 Å². The zero-order valence-corrected chi connectivity index (χ0v) is 14.6. The van der Waals surface area contributed by atoms with Gasteiger partial charge in [-0.3, -0.25) is 4.79 Å². The van der Waals surface area contributed by atoms with Gasteiger partial charge in [-0.15, -0.1) is 0 Å². The molecule has 3 rings (SSSR count). The first-order valence-electron chi connectivity index (χ1n) is 7.31. The highest BCUT2D eigenvalue weighted by atomic mass is 35.5. The molecule has 120 valence electrons. The average molecular weight is 348 g/mol. The minimum atomic E-state index is -0.267. The van der Waals surface area contributed by atoms with Crippen LogP contribution < -0.4 is 5.73 Å². The highest BCUT2D eigenvalue weighted by Gasteiger charge is 2.14. The molecule has 0 unspecified atom stereocenters. The molecule has 4 nitrogen and oxygen atoms in total. The SMILES string of the molecule is CC(C)(N)CSCC(=O)c1ccc2[nH]c3nc(Cl)ccc3c2c1. The summed E-state index contributed by atoms with van der Waals surface area (Å²) in [6.45, 7) is 3.92. The Morgan fingerprint density at radius 1 is 1.30 bits per heavy atom. The number of Topliss-reactive ketones (excluding diaryl/α,β-unsaturated/α-hetero) is 1. The summed E-state index contributed by atoms with van der Waals surface area (Å²) < 4.78 is 0. The second-order valence-electron chi connectivity index (χ2n) is 6.32. The predicted octanol–water partition coefficient (Wildman–Crippen LogP) is 4.02. The molecule has 0 saturated carbocycles. The lowest BCUT2D eigenvalue weighted by Gasteiger charge is -2.17.